The second kappa shape index (κ2) is 5.88. The number of carbonyl (C=O) groups is 1. The van der Waals surface area contributed by atoms with Gasteiger partial charge in [-0.25, -0.2) is 0 Å². The summed E-state index contributed by atoms with van der Waals surface area (Å²) in [5.74, 6) is -0.238. The van der Waals surface area contributed by atoms with E-state index >= 15 is 0 Å². The molecule has 1 rings (SSSR count). The smallest absolute Gasteiger partial charge is 0.323 e. The van der Waals surface area contributed by atoms with E-state index in [-0.39, 0.29) is 12.0 Å². The molecule has 0 spiro atoms. The molecule has 0 heterocycles. The van der Waals surface area contributed by atoms with Crippen LogP contribution in [0.15, 0.2) is 28.7 Å². The average molecular weight is 272 g/mol. The number of benzene rings is 1. The van der Waals surface area contributed by atoms with Gasteiger partial charge in [-0.15, -0.1) is 0 Å². The molecule has 1 atom stereocenters. The van der Waals surface area contributed by atoms with Gasteiger partial charge in [-0.3, -0.25) is 4.79 Å². The number of hydrogen-bond acceptors (Lipinski definition) is 3. The molecular weight excluding hydrogens is 258 g/mol. The molecule has 82 valence electrons. The first-order valence-electron chi connectivity index (χ1n) is 4.67. The molecule has 15 heavy (non-hydrogen) atoms. The minimum atomic E-state index is -0.288. The lowest BCUT2D eigenvalue weighted by molar-refractivity contribution is -0.142. The van der Waals surface area contributed by atoms with Crippen molar-refractivity contribution >= 4 is 21.9 Å². The third kappa shape index (κ3) is 3.64. The number of likely N-dealkylation sites (N-methyl/N-ethyl adjacent to an activating group) is 1. The lowest BCUT2D eigenvalue weighted by Gasteiger charge is -2.13. The summed E-state index contributed by atoms with van der Waals surface area (Å²) in [6.45, 7) is 0. The van der Waals surface area contributed by atoms with Gasteiger partial charge in [-0.05, 0) is 31.2 Å². The largest absolute Gasteiger partial charge is 0.468 e. The van der Waals surface area contributed by atoms with Crippen LogP contribution in [0.1, 0.15) is 5.56 Å². The predicted octanol–water partition coefficient (Wildman–Crippen LogP) is 1.75. The predicted molar refractivity (Wildman–Crippen MR) is 62.7 cm³/mol. The van der Waals surface area contributed by atoms with E-state index < -0.39 is 0 Å². The van der Waals surface area contributed by atoms with Gasteiger partial charge in [-0.1, -0.05) is 28.1 Å². The maximum atomic E-state index is 11.3. The number of ether oxygens (including phenoxy) is 1. The van der Waals surface area contributed by atoms with Gasteiger partial charge in [0, 0.05) is 4.47 Å². The Hall–Kier alpha value is -0.870. The number of methoxy groups -OCH3 is 1. The van der Waals surface area contributed by atoms with Gasteiger partial charge in [0.25, 0.3) is 0 Å². The van der Waals surface area contributed by atoms with Crippen LogP contribution in [0.3, 0.4) is 0 Å². The standard InChI is InChI=1S/C11H14BrNO2/c1-13-10(11(14)15-2)7-8-4-3-5-9(12)6-8/h3-6,10,13H,7H2,1-2H3. The van der Waals surface area contributed by atoms with Crippen LogP contribution < -0.4 is 5.32 Å². The molecule has 1 aromatic rings. The summed E-state index contributed by atoms with van der Waals surface area (Å²) in [6, 6.07) is 7.59. The quantitative estimate of drug-likeness (QED) is 0.849. The Morgan fingerprint density at radius 1 is 1.60 bits per heavy atom. The number of carbonyl (C=O) groups excluding carboxylic acids is 1. The van der Waals surface area contributed by atoms with Crippen molar-refractivity contribution in [2.75, 3.05) is 14.2 Å². The fourth-order valence-electron chi connectivity index (χ4n) is 1.35. The van der Waals surface area contributed by atoms with Gasteiger partial charge in [-0.2, -0.15) is 0 Å². The number of rotatable bonds is 4. The first-order chi connectivity index (χ1) is 7.17. The Labute approximate surface area is 97.9 Å². The van der Waals surface area contributed by atoms with Gasteiger partial charge in [0.15, 0.2) is 0 Å². The zero-order valence-corrected chi connectivity index (χ0v) is 10.4. The highest BCUT2D eigenvalue weighted by Gasteiger charge is 2.16. The minimum Gasteiger partial charge on any atom is -0.468 e. The van der Waals surface area contributed by atoms with Crippen molar-refractivity contribution < 1.29 is 9.53 Å². The Bertz CT molecular complexity index is 341. The van der Waals surface area contributed by atoms with E-state index in [2.05, 4.69) is 21.2 Å². The maximum Gasteiger partial charge on any atom is 0.323 e. The van der Waals surface area contributed by atoms with Gasteiger partial charge >= 0.3 is 5.97 Å². The van der Waals surface area contributed by atoms with Crippen molar-refractivity contribution in [1.29, 1.82) is 0 Å². The molecular formula is C11H14BrNO2. The molecule has 4 heteroatoms. The molecule has 1 unspecified atom stereocenters. The molecule has 1 N–H and O–H groups in total. The van der Waals surface area contributed by atoms with Crippen molar-refractivity contribution in [3.63, 3.8) is 0 Å². The third-order valence-corrected chi connectivity index (χ3v) is 2.66. The molecule has 3 nitrogen and oxygen atoms in total. The van der Waals surface area contributed by atoms with Crippen LogP contribution in [0.5, 0.6) is 0 Å². The van der Waals surface area contributed by atoms with E-state index in [4.69, 9.17) is 4.74 Å². The maximum absolute atomic E-state index is 11.3. The Balaban J connectivity index is 2.70. The van der Waals surface area contributed by atoms with Gasteiger partial charge < -0.3 is 10.1 Å². The first kappa shape index (κ1) is 12.2. The van der Waals surface area contributed by atoms with Crippen molar-refractivity contribution in [2.45, 2.75) is 12.5 Å². The molecule has 0 aromatic heterocycles. The summed E-state index contributed by atoms with van der Waals surface area (Å²) in [6.07, 6.45) is 0.628. The summed E-state index contributed by atoms with van der Waals surface area (Å²) in [4.78, 5) is 11.3. The molecule has 0 saturated carbocycles. The molecule has 1 aromatic carbocycles. The Morgan fingerprint density at radius 2 is 2.33 bits per heavy atom. The van der Waals surface area contributed by atoms with E-state index in [1.54, 1.807) is 7.05 Å². The summed E-state index contributed by atoms with van der Waals surface area (Å²) in [7, 11) is 3.15. The lowest BCUT2D eigenvalue weighted by Crippen LogP contribution is -2.36. The molecule has 0 amide bonds. The van der Waals surface area contributed by atoms with Crippen LogP contribution in [0.4, 0.5) is 0 Å². The normalized spacial score (nSPS) is 12.2. The monoisotopic (exact) mass is 271 g/mol. The molecule has 0 aliphatic carbocycles. The number of esters is 1. The van der Waals surface area contributed by atoms with Crippen LogP contribution in [0.2, 0.25) is 0 Å². The first-order valence-corrected chi connectivity index (χ1v) is 5.46. The summed E-state index contributed by atoms with van der Waals surface area (Å²) in [5, 5.41) is 2.93. The summed E-state index contributed by atoms with van der Waals surface area (Å²) in [5.41, 5.74) is 1.09. The van der Waals surface area contributed by atoms with E-state index in [1.807, 2.05) is 24.3 Å². The fourth-order valence-corrected chi connectivity index (χ4v) is 1.79. The highest BCUT2D eigenvalue weighted by molar-refractivity contribution is 9.10. The van der Waals surface area contributed by atoms with Gasteiger partial charge in [0.1, 0.15) is 6.04 Å². The lowest BCUT2D eigenvalue weighted by atomic mass is 10.1. The van der Waals surface area contributed by atoms with Crippen LogP contribution in [0.25, 0.3) is 0 Å². The van der Waals surface area contributed by atoms with Crippen molar-refractivity contribution in [3.8, 4) is 0 Å². The van der Waals surface area contributed by atoms with Crippen molar-refractivity contribution in [1.82, 2.24) is 5.32 Å². The second-order valence-corrected chi connectivity index (χ2v) is 4.11. The van der Waals surface area contributed by atoms with Crippen LogP contribution in [-0.4, -0.2) is 26.2 Å². The number of halogens is 1. The van der Waals surface area contributed by atoms with E-state index in [0.717, 1.165) is 10.0 Å². The zero-order valence-electron chi connectivity index (χ0n) is 8.79. The van der Waals surface area contributed by atoms with Gasteiger partial charge in [0.05, 0.1) is 7.11 Å². The topological polar surface area (TPSA) is 38.3 Å². The zero-order chi connectivity index (χ0) is 11.3. The van der Waals surface area contributed by atoms with Crippen molar-refractivity contribution in [2.24, 2.45) is 0 Å². The number of hydrogen-bond donors (Lipinski definition) is 1. The molecule has 0 aliphatic heterocycles. The molecule has 0 radical (unpaired) electrons. The van der Waals surface area contributed by atoms with E-state index in [9.17, 15) is 4.79 Å². The van der Waals surface area contributed by atoms with E-state index in [0.29, 0.717) is 6.42 Å². The summed E-state index contributed by atoms with van der Waals surface area (Å²) < 4.78 is 5.71. The molecule has 0 bridgehead atoms. The Kier molecular flexibility index (Phi) is 4.78. The van der Waals surface area contributed by atoms with E-state index in [1.165, 1.54) is 7.11 Å². The molecule has 0 saturated heterocycles. The van der Waals surface area contributed by atoms with Crippen molar-refractivity contribution in [3.05, 3.63) is 34.3 Å². The fraction of sp³-hybridized carbons (Fsp3) is 0.364. The average Bonchev–Trinajstić information content (AvgIpc) is 2.25. The minimum absolute atomic E-state index is 0.238. The van der Waals surface area contributed by atoms with Gasteiger partial charge in [0.2, 0.25) is 0 Å². The van der Waals surface area contributed by atoms with Crippen LogP contribution >= 0.6 is 15.9 Å². The summed E-state index contributed by atoms with van der Waals surface area (Å²) >= 11 is 3.39. The highest BCUT2D eigenvalue weighted by atomic mass is 79.9. The van der Waals surface area contributed by atoms with Crippen LogP contribution in [-0.2, 0) is 16.0 Å². The molecule has 0 fully saturated rings. The SMILES string of the molecule is CNC(Cc1cccc(Br)c1)C(=O)OC. The highest BCUT2D eigenvalue weighted by Crippen LogP contribution is 2.13. The Morgan fingerprint density at radius 3 is 2.87 bits per heavy atom. The van der Waals surface area contributed by atoms with Crippen LogP contribution in [0, 0.1) is 0 Å². The number of nitrogens with one attached hydrogen (secondary N) is 1. The molecule has 0 aliphatic rings. The second-order valence-electron chi connectivity index (χ2n) is 3.20. The third-order valence-electron chi connectivity index (χ3n) is 2.16.